The van der Waals surface area contributed by atoms with Crippen LogP contribution in [0.5, 0.6) is 0 Å². The Labute approximate surface area is 395 Å². The average molecular weight is 939 g/mol. The van der Waals surface area contributed by atoms with E-state index in [4.69, 9.17) is 17.3 Å². The molecule has 1 aliphatic heterocycles. The van der Waals surface area contributed by atoms with Crippen LogP contribution in [0.1, 0.15) is 76.6 Å². The number of nitrogens with two attached hydrogens (primary N) is 1. The van der Waals surface area contributed by atoms with E-state index in [-0.39, 0.29) is 32.2 Å². The molecule has 3 aromatic carbocycles. The predicted octanol–water partition coefficient (Wildman–Crippen LogP) is 2.55. The molecule has 2 heterocycles. The summed E-state index contributed by atoms with van der Waals surface area (Å²) in [6, 6.07) is 17.5. The highest BCUT2D eigenvalue weighted by Crippen LogP contribution is 2.21. The monoisotopic (exact) mass is 937 g/mol. The summed E-state index contributed by atoms with van der Waals surface area (Å²) in [4.78, 5) is 113. The number of pyridine rings is 1. The van der Waals surface area contributed by atoms with Crippen LogP contribution in [-0.4, -0.2) is 106 Å². The van der Waals surface area contributed by atoms with Crippen LogP contribution >= 0.6 is 11.6 Å². The Kier molecular flexibility index (Phi) is 18.8. The highest BCUT2D eigenvalue weighted by Gasteiger charge is 2.39. The molecule has 18 heteroatoms. The summed E-state index contributed by atoms with van der Waals surface area (Å²) in [5.74, 6) is -4.98. The molecule has 67 heavy (non-hydrogen) atoms. The van der Waals surface area contributed by atoms with Gasteiger partial charge in [0.25, 0.3) is 0 Å². The number of halogens is 1. The minimum Gasteiger partial charge on any atom is -0.368 e. The molecule has 0 spiro atoms. The highest BCUT2D eigenvalue weighted by molar-refractivity contribution is 6.30. The van der Waals surface area contributed by atoms with Gasteiger partial charge < -0.3 is 42.5 Å². The number of nitrogens with zero attached hydrogens (tertiary/aromatic N) is 2. The van der Waals surface area contributed by atoms with Crippen LogP contribution in [0.15, 0.2) is 91.1 Å². The van der Waals surface area contributed by atoms with Crippen LogP contribution in [0.2, 0.25) is 5.02 Å². The number of primary amides is 1. The maximum Gasteiger partial charge on any atom is 0.245 e. The van der Waals surface area contributed by atoms with Crippen molar-refractivity contribution in [2.75, 3.05) is 6.54 Å². The molecule has 17 nitrogen and oxygen atoms in total. The van der Waals surface area contributed by atoms with Crippen molar-refractivity contribution in [1.82, 2.24) is 41.8 Å². The van der Waals surface area contributed by atoms with Gasteiger partial charge in [-0.1, -0.05) is 92.0 Å². The van der Waals surface area contributed by atoms with Gasteiger partial charge in [0.05, 0.1) is 0 Å². The molecule has 7 atom stereocenters. The van der Waals surface area contributed by atoms with Crippen LogP contribution in [-0.2, 0) is 57.6 Å². The number of carbonyl (C=O) groups excluding carboxylic acids is 8. The van der Waals surface area contributed by atoms with E-state index in [0.29, 0.717) is 42.0 Å². The molecule has 0 aliphatic carbocycles. The Morgan fingerprint density at radius 1 is 0.687 bits per heavy atom. The van der Waals surface area contributed by atoms with Crippen LogP contribution in [0.4, 0.5) is 0 Å². The number of carbonyl (C=O) groups is 8. The first-order valence-electron chi connectivity index (χ1n) is 22.5. The lowest BCUT2D eigenvalue weighted by Gasteiger charge is -2.30. The fourth-order valence-electron chi connectivity index (χ4n) is 7.83. The van der Waals surface area contributed by atoms with E-state index in [9.17, 15) is 38.4 Å². The Balaban J connectivity index is 1.34. The van der Waals surface area contributed by atoms with E-state index < -0.39 is 89.6 Å². The van der Waals surface area contributed by atoms with Crippen molar-refractivity contribution >= 4 is 69.6 Å². The minimum absolute atomic E-state index is 0.0227. The fourth-order valence-corrected chi connectivity index (χ4v) is 7.96. The van der Waals surface area contributed by atoms with Crippen molar-refractivity contribution in [3.05, 3.63) is 113 Å². The van der Waals surface area contributed by atoms with E-state index in [2.05, 4.69) is 36.9 Å². The molecule has 1 saturated heterocycles. The van der Waals surface area contributed by atoms with Gasteiger partial charge in [-0.15, -0.1) is 0 Å². The Hall–Kier alpha value is -6.88. The van der Waals surface area contributed by atoms with Gasteiger partial charge in [0.15, 0.2) is 0 Å². The zero-order chi connectivity index (χ0) is 48.6. The molecule has 1 aromatic heterocycles. The first kappa shape index (κ1) is 51.1. The van der Waals surface area contributed by atoms with Crippen LogP contribution in [0.3, 0.4) is 0 Å². The van der Waals surface area contributed by atoms with E-state index in [1.807, 2.05) is 49.4 Å². The maximum atomic E-state index is 14.4. The van der Waals surface area contributed by atoms with Crippen molar-refractivity contribution in [1.29, 1.82) is 0 Å². The molecule has 356 valence electrons. The standard InChI is InChI=1S/C49H60ClN9O8/c1-5-6-15-38(49(67)59-24-11-16-42(59)48(66)53-29(2)43(51)61)56-44(62)30(3)54-45(63)41(28-37-14-9-10-23-52-37)58-47(65)40(26-32-18-21-36(50)22-19-32)57-46(64)39(55-31(4)60)27-33-17-20-34-12-7-8-13-35(34)25-33/h7-10,12-14,17-23,25,29-30,38-42H,5-6,11,15-16,24,26-28H2,1-4H3,(H2,51,61)(H,53,66)(H,54,63)(H,55,60)(H,56,62)(H,57,64)(H,58,65)/t29-,30-,38?,39-,40+,41+,42+/m0/s1. The third-order valence-electron chi connectivity index (χ3n) is 11.5. The van der Waals surface area contributed by atoms with Gasteiger partial charge in [0.1, 0.15) is 42.3 Å². The molecule has 1 unspecified atom stereocenters. The van der Waals surface area contributed by atoms with Gasteiger partial charge in [-0.2, -0.15) is 0 Å². The van der Waals surface area contributed by atoms with E-state index in [1.54, 1.807) is 42.5 Å². The zero-order valence-electron chi connectivity index (χ0n) is 38.2. The Bertz CT molecular complexity index is 2400. The largest absolute Gasteiger partial charge is 0.368 e. The van der Waals surface area contributed by atoms with E-state index in [0.717, 1.165) is 16.3 Å². The zero-order valence-corrected chi connectivity index (χ0v) is 38.9. The van der Waals surface area contributed by atoms with Crippen LogP contribution in [0, 0.1) is 0 Å². The molecule has 0 saturated carbocycles. The predicted molar refractivity (Wildman–Crippen MR) is 253 cm³/mol. The highest BCUT2D eigenvalue weighted by atomic mass is 35.5. The van der Waals surface area contributed by atoms with Gasteiger partial charge in [-0.3, -0.25) is 43.3 Å². The van der Waals surface area contributed by atoms with Crippen molar-refractivity contribution in [2.24, 2.45) is 5.73 Å². The lowest BCUT2D eigenvalue weighted by atomic mass is 9.99. The number of hydrogen-bond acceptors (Lipinski definition) is 9. The molecule has 5 rings (SSSR count). The Morgan fingerprint density at radius 2 is 1.28 bits per heavy atom. The van der Waals surface area contributed by atoms with Gasteiger partial charge in [0.2, 0.25) is 47.3 Å². The minimum atomic E-state index is -1.31. The molecule has 0 bridgehead atoms. The number of nitrogens with one attached hydrogen (secondary N) is 6. The molecule has 0 radical (unpaired) electrons. The van der Waals surface area contributed by atoms with Gasteiger partial charge in [0, 0.05) is 49.6 Å². The third kappa shape index (κ3) is 15.1. The molecule has 8 N–H and O–H groups in total. The van der Waals surface area contributed by atoms with Gasteiger partial charge in [-0.25, -0.2) is 0 Å². The number of aromatic nitrogens is 1. The SMILES string of the molecule is CCCCC(NC(=O)[C@H](C)NC(=O)[C@@H](Cc1ccccn1)NC(=O)[C@@H](Cc1ccc(Cl)cc1)NC(=O)[C@H](Cc1ccc2ccccc2c1)NC(C)=O)C(=O)N1CCC[C@@H]1C(=O)N[C@@H](C)C(N)=O. The summed E-state index contributed by atoms with van der Waals surface area (Å²) in [6.07, 6.45) is 3.95. The summed E-state index contributed by atoms with van der Waals surface area (Å²) in [7, 11) is 0. The van der Waals surface area contributed by atoms with Crippen molar-refractivity contribution in [3.8, 4) is 0 Å². The molecule has 1 aliphatic rings. The number of benzene rings is 3. The number of hydrogen-bond donors (Lipinski definition) is 7. The number of rotatable bonds is 22. The quantitative estimate of drug-likeness (QED) is 0.0611. The summed E-state index contributed by atoms with van der Waals surface area (Å²) >= 11 is 6.16. The number of likely N-dealkylation sites (tertiary alicyclic amines) is 1. The second kappa shape index (κ2) is 24.6. The third-order valence-corrected chi connectivity index (χ3v) is 11.8. The number of fused-ring (bicyclic) bond motifs is 1. The van der Waals surface area contributed by atoms with Gasteiger partial charge in [-0.05, 0) is 79.3 Å². The topological polar surface area (TPSA) is 251 Å². The van der Waals surface area contributed by atoms with E-state index >= 15 is 0 Å². The average Bonchev–Trinajstić information content (AvgIpc) is 3.80. The summed E-state index contributed by atoms with van der Waals surface area (Å²) in [5.41, 5.74) is 7.19. The number of amides is 8. The van der Waals surface area contributed by atoms with Crippen molar-refractivity contribution in [2.45, 2.75) is 121 Å². The lowest BCUT2D eigenvalue weighted by molar-refractivity contribution is -0.142. The normalized spacial score (nSPS) is 16.0. The molecule has 8 amide bonds. The second-order valence-corrected chi connectivity index (χ2v) is 17.3. The van der Waals surface area contributed by atoms with E-state index in [1.165, 1.54) is 31.9 Å². The fraction of sp³-hybridized carbons (Fsp3) is 0.408. The molecular formula is C49H60ClN9O8. The Morgan fingerprint density at radius 3 is 1.93 bits per heavy atom. The van der Waals surface area contributed by atoms with Crippen LogP contribution < -0.4 is 37.6 Å². The molecule has 1 fully saturated rings. The summed E-state index contributed by atoms with van der Waals surface area (Å²) in [6.45, 7) is 6.37. The lowest BCUT2D eigenvalue weighted by Crippen LogP contribution is -2.60. The summed E-state index contributed by atoms with van der Waals surface area (Å²) < 4.78 is 0. The first-order valence-corrected chi connectivity index (χ1v) is 22.9. The molecular weight excluding hydrogens is 878 g/mol. The summed E-state index contributed by atoms with van der Waals surface area (Å²) in [5, 5.41) is 18.7. The first-order chi connectivity index (χ1) is 32.0. The van der Waals surface area contributed by atoms with Crippen molar-refractivity contribution < 1.29 is 38.4 Å². The number of unbranched alkanes of at least 4 members (excludes halogenated alkanes) is 1. The van der Waals surface area contributed by atoms with Crippen molar-refractivity contribution in [3.63, 3.8) is 0 Å². The van der Waals surface area contributed by atoms with Crippen LogP contribution in [0.25, 0.3) is 10.8 Å². The maximum absolute atomic E-state index is 14.4. The smallest absolute Gasteiger partial charge is 0.245 e. The molecule has 4 aromatic rings. The second-order valence-electron chi connectivity index (χ2n) is 16.9. The van der Waals surface area contributed by atoms with Gasteiger partial charge >= 0.3 is 0 Å².